The van der Waals surface area contributed by atoms with Crippen molar-refractivity contribution in [1.82, 2.24) is 10.5 Å². The van der Waals surface area contributed by atoms with Crippen LogP contribution in [0.5, 0.6) is 5.75 Å². The lowest BCUT2D eigenvalue weighted by Crippen LogP contribution is -2.22. The first-order valence-corrected chi connectivity index (χ1v) is 7.00. The maximum absolute atomic E-state index is 6.24. The average molecular weight is 295 g/mol. The van der Waals surface area contributed by atoms with Gasteiger partial charge in [-0.25, -0.2) is 0 Å². The van der Waals surface area contributed by atoms with Crippen molar-refractivity contribution in [2.75, 3.05) is 0 Å². The Hall–Kier alpha value is -1.52. The molecule has 5 heteroatoms. The Balaban J connectivity index is 2.08. The Morgan fingerprint density at radius 2 is 2.20 bits per heavy atom. The summed E-state index contributed by atoms with van der Waals surface area (Å²) in [6, 6.07) is 7.89. The Morgan fingerprint density at radius 3 is 2.85 bits per heavy atom. The molecule has 0 aliphatic heterocycles. The molecule has 4 nitrogen and oxygen atoms in total. The minimum Gasteiger partial charge on any atom is -0.485 e. The highest BCUT2D eigenvalue weighted by molar-refractivity contribution is 6.31. The zero-order chi connectivity index (χ0) is 14.5. The van der Waals surface area contributed by atoms with E-state index in [2.05, 4.69) is 24.3 Å². The van der Waals surface area contributed by atoms with Crippen molar-refractivity contribution in [3.8, 4) is 5.75 Å². The summed E-state index contributed by atoms with van der Waals surface area (Å²) >= 11 is 6.24. The molecule has 0 aliphatic carbocycles. The number of halogens is 1. The van der Waals surface area contributed by atoms with Crippen LogP contribution < -0.4 is 10.1 Å². The van der Waals surface area contributed by atoms with Crippen LogP contribution in [0.25, 0.3) is 0 Å². The third kappa shape index (κ3) is 3.99. The van der Waals surface area contributed by atoms with E-state index < -0.39 is 0 Å². The number of hydrogen-bond donors (Lipinski definition) is 1. The number of aromatic nitrogens is 1. The second kappa shape index (κ2) is 6.77. The van der Waals surface area contributed by atoms with E-state index in [0.29, 0.717) is 30.0 Å². The molecule has 0 bridgehead atoms. The molecular formula is C15H19ClN2O2. The lowest BCUT2D eigenvalue weighted by Gasteiger charge is -2.14. The fourth-order valence-corrected chi connectivity index (χ4v) is 2.02. The molecule has 2 aromatic rings. The Morgan fingerprint density at radius 1 is 1.40 bits per heavy atom. The van der Waals surface area contributed by atoms with Gasteiger partial charge in [-0.3, -0.25) is 0 Å². The van der Waals surface area contributed by atoms with Gasteiger partial charge in [0.1, 0.15) is 12.4 Å². The monoisotopic (exact) mass is 294 g/mol. The normalized spacial score (nSPS) is 11.1. The van der Waals surface area contributed by atoms with Gasteiger partial charge in [-0.1, -0.05) is 36.7 Å². The molecule has 0 saturated heterocycles. The second-order valence-electron chi connectivity index (χ2n) is 4.98. The van der Waals surface area contributed by atoms with Crippen molar-refractivity contribution in [3.05, 3.63) is 46.3 Å². The van der Waals surface area contributed by atoms with Crippen molar-refractivity contribution in [1.29, 1.82) is 0 Å². The quantitative estimate of drug-likeness (QED) is 0.882. The molecule has 0 fully saturated rings. The number of ether oxygens (including phenoxy) is 1. The average Bonchev–Trinajstić information content (AvgIpc) is 2.81. The molecular weight excluding hydrogens is 276 g/mol. The van der Waals surface area contributed by atoms with Gasteiger partial charge in [-0.2, -0.15) is 0 Å². The summed E-state index contributed by atoms with van der Waals surface area (Å²) in [6.07, 6.45) is 0. The molecule has 0 unspecified atom stereocenters. The van der Waals surface area contributed by atoms with Crippen molar-refractivity contribution in [2.24, 2.45) is 0 Å². The predicted molar refractivity (Wildman–Crippen MR) is 79.0 cm³/mol. The number of nitrogens with one attached hydrogen (secondary N) is 1. The van der Waals surface area contributed by atoms with E-state index >= 15 is 0 Å². The van der Waals surface area contributed by atoms with Crippen molar-refractivity contribution in [2.45, 2.75) is 40.0 Å². The highest BCUT2D eigenvalue weighted by Gasteiger charge is 2.10. The van der Waals surface area contributed by atoms with Crippen LogP contribution in [0.1, 0.15) is 30.9 Å². The molecule has 1 heterocycles. The minimum atomic E-state index is 0.343. The van der Waals surface area contributed by atoms with Gasteiger partial charge >= 0.3 is 0 Å². The number of benzene rings is 1. The molecule has 0 aliphatic rings. The molecule has 108 valence electrons. The van der Waals surface area contributed by atoms with E-state index in [1.54, 1.807) is 0 Å². The molecule has 0 amide bonds. The zero-order valence-corrected chi connectivity index (χ0v) is 12.7. The first kappa shape index (κ1) is 14.9. The maximum Gasteiger partial charge on any atom is 0.174 e. The van der Waals surface area contributed by atoms with Crippen LogP contribution in [0.15, 0.2) is 28.8 Å². The van der Waals surface area contributed by atoms with Crippen LogP contribution in [0.3, 0.4) is 0 Å². The van der Waals surface area contributed by atoms with Crippen LogP contribution in [0.2, 0.25) is 5.02 Å². The van der Waals surface area contributed by atoms with Crippen LogP contribution in [0.4, 0.5) is 0 Å². The fourth-order valence-electron chi connectivity index (χ4n) is 1.79. The fraction of sp³-hybridized carbons (Fsp3) is 0.400. The topological polar surface area (TPSA) is 47.3 Å². The SMILES string of the molecule is Cc1cc(COc2cccc(Cl)c2CNC(C)C)on1. The van der Waals surface area contributed by atoms with Gasteiger partial charge in [-0.05, 0) is 19.1 Å². The highest BCUT2D eigenvalue weighted by atomic mass is 35.5. The Labute approximate surface area is 124 Å². The largest absolute Gasteiger partial charge is 0.485 e. The smallest absolute Gasteiger partial charge is 0.174 e. The lowest BCUT2D eigenvalue weighted by atomic mass is 10.2. The van der Waals surface area contributed by atoms with Gasteiger partial charge in [0.25, 0.3) is 0 Å². The molecule has 1 N–H and O–H groups in total. The third-order valence-corrected chi connectivity index (χ3v) is 3.16. The van der Waals surface area contributed by atoms with Crippen molar-refractivity contribution in [3.63, 3.8) is 0 Å². The van der Waals surface area contributed by atoms with Gasteiger partial charge in [0.05, 0.1) is 5.69 Å². The molecule has 2 rings (SSSR count). The summed E-state index contributed by atoms with van der Waals surface area (Å²) < 4.78 is 10.9. The standard InChI is InChI=1S/C15H19ClN2O2/c1-10(2)17-8-13-14(16)5-4-6-15(13)19-9-12-7-11(3)18-20-12/h4-7,10,17H,8-9H2,1-3H3. The third-order valence-electron chi connectivity index (χ3n) is 2.81. The van der Waals surface area contributed by atoms with E-state index in [1.165, 1.54) is 0 Å². The molecule has 1 aromatic carbocycles. The van der Waals surface area contributed by atoms with E-state index in [0.717, 1.165) is 17.0 Å². The van der Waals surface area contributed by atoms with E-state index in [4.69, 9.17) is 20.9 Å². The first-order chi connectivity index (χ1) is 9.56. The summed E-state index contributed by atoms with van der Waals surface area (Å²) in [4.78, 5) is 0. The van der Waals surface area contributed by atoms with Crippen LogP contribution >= 0.6 is 11.6 Å². The summed E-state index contributed by atoms with van der Waals surface area (Å²) in [6.45, 7) is 7.08. The Kier molecular flexibility index (Phi) is 5.04. The van der Waals surface area contributed by atoms with Gasteiger partial charge < -0.3 is 14.6 Å². The summed E-state index contributed by atoms with van der Waals surface area (Å²) in [7, 11) is 0. The van der Waals surface area contributed by atoms with E-state index in [1.807, 2.05) is 31.2 Å². The number of nitrogens with zero attached hydrogens (tertiary/aromatic N) is 1. The Bertz CT molecular complexity index is 567. The van der Waals surface area contributed by atoms with Gasteiger partial charge in [0.15, 0.2) is 5.76 Å². The highest BCUT2D eigenvalue weighted by Crippen LogP contribution is 2.27. The van der Waals surface area contributed by atoms with Gasteiger partial charge in [0.2, 0.25) is 0 Å². The predicted octanol–water partition coefficient (Wildman–Crippen LogP) is 3.71. The number of rotatable bonds is 6. The minimum absolute atomic E-state index is 0.343. The summed E-state index contributed by atoms with van der Waals surface area (Å²) in [5.74, 6) is 1.46. The molecule has 1 aromatic heterocycles. The summed E-state index contributed by atoms with van der Waals surface area (Å²) in [5, 5.41) is 7.88. The summed E-state index contributed by atoms with van der Waals surface area (Å²) in [5.41, 5.74) is 1.80. The number of aryl methyl sites for hydroxylation is 1. The first-order valence-electron chi connectivity index (χ1n) is 6.62. The number of hydrogen-bond acceptors (Lipinski definition) is 4. The van der Waals surface area contributed by atoms with Gasteiger partial charge in [0, 0.05) is 29.2 Å². The molecule has 20 heavy (non-hydrogen) atoms. The van der Waals surface area contributed by atoms with Crippen LogP contribution in [-0.2, 0) is 13.2 Å². The lowest BCUT2D eigenvalue weighted by molar-refractivity contribution is 0.246. The van der Waals surface area contributed by atoms with Crippen LogP contribution in [-0.4, -0.2) is 11.2 Å². The molecule has 0 spiro atoms. The zero-order valence-electron chi connectivity index (χ0n) is 11.9. The van der Waals surface area contributed by atoms with Crippen LogP contribution in [0, 0.1) is 6.92 Å². The second-order valence-corrected chi connectivity index (χ2v) is 5.38. The maximum atomic E-state index is 6.24. The molecule has 0 saturated carbocycles. The van der Waals surface area contributed by atoms with Gasteiger partial charge in [-0.15, -0.1) is 0 Å². The molecule has 0 atom stereocenters. The van der Waals surface area contributed by atoms with E-state index in [-0.39, 0.29) is 0 Å². The van der Waals surface area contributed by atoms with Crippen molar-refractivity contribution >= 4 is 11.6 Å². The van der Waals surface area contributed by atoms with Crippen molar-refractivity contribution < 1.29 is 9.26 Å². The molecule has 0 radical (unpaired) electrons. The van der Waals surface area contributed by atoms with E-state index in [9.17, 15) is 0 Å².